The van der Waals surface area contributed by atoms with E-state index in [9.17, 15) is 4.79 Å². The Bertz CT molecular complexity index is 312. The highest BCUT2D eigenvalue weighted by atomic mass is 16.5. The second-order valence-electron chi connectivity index (χ2n) is 4.04. The molecule has 5 nitrogen and oxygen atoms in total. The van der Waals surface area contributed by atoms with E-state index in [2.05, 4.69) is 10.6 Å². The highest BCUT2D eigenvalue weighted by Gasteiger charge is 2.00. The fourth-order valence-corrected chi connectivity index (χ4v) is 1.48. The van der Waals surface area contributed by atoms with Gasteiger partial charge in [0.05, 0.1) is 6.26 Å². The lowest BCUT2D eigenvalue weighted by molar-refractivity contribution is -0.121. The van der Waals surface area contributed by atoms with Crippen molar-refractivity contribution in [1.29, 1.82) is 0 Å². The molecule has 1 aromatic heterocycles. The summed E-state index contributed by atoms with van der Waals surface area (Å²) in [5.74, 6) is 0.933. The number of carbonyl (C=O) groups is 1. The van der Waals surface area contributed by atoms with Crippen molar-refractivity contribution in [3.8, 4) is 0 Å². The summed E-state index contributed by atoms with van der Waals surface area (Å²) in [4.78, 5) is 11.3. The van der Waals surface area contributed by atoms with Gasteiger partial charge in [0.2, 0.25) is 5.91 Å². The number of hydrogen-bond donors (Lipinski definition) is 2. The van der Waals surface area contributed by atoms with Gasteiger partial charge in [-0.2, -0.15) is 0 Å². The maximum atomic E-state index is 11.3. The molecule has 1 rings (SSSR count). The number of hydrogen-bond acceptors (Lipinski definition) is 4. The van der Waals surface area contributed by atoms with E-state index >= 15 is 0 Å². The number of nitrogens with one attached hydrogen (secondary N) is 2. The van der Waals surface area contributed by atoms with Crippen molar-refractivity contribution in [2.75, 3.05) is 26.7 Å². The monoisotopic (exact) mass is 254 g/mol. The molecule has 0 aliphatic heterocycles. The molecule has 0 radical (unpaired) electrons. The third-order valence-corrected chi connectivity index (χ3v) is 2.44. The maximum Gasteiger partial charge on any atom is 0.220 e. The average molecular weight is 254 g/mol. The highest BCUT2D eigenvalue weighted by Crippen LogP contribution is 2.01. The minimum atomic E-state index is 0.108. The first-order valence-corrected chi connectivity index (χ1v) is 6.34. The first-order chi connectivity index (χ1) is 8.83. The molecule has 102 valence electrons. The summed E-state index contributed by atoms with van der Waals surface area (Å²) in [7, 11) is 1.88. The number of rotatable bonds is 10. The zero-order valence-corrected chi connectivity index (χ0v) is 10.9. The summed E-state index contributed by atoms with van der Waals surface area (Å²) in [6, 6.07) is 3.72. The van der Waals surface area contributed by atoms with Crippen LogP contribution >= 0.6 is 0 Å². The second kappa shape index (κ2) is 9.67. The lowest BCUT2D eigenvalue weighted by atomic mass is 10.3. The van der Waals surface area contributed by atoms with Crippen LogP contribution in [0.15, 0.2) is 22.8 Å². The number of ether oxygens (including phenoxy) is 1. The zero-order chi connectivity index (χ0) is 13.1. The van der Waals surface area contributed by atoms with E-state index < -0.39 is 0 Å². The van der Waals surface area contributed by atoms with Crippen LogP contribution in [0, 0.1) is 0 Å². The van der Waals surface area contributed by atoms with Gasteiger partial charge in [-0.05, 0) is 38.6 Å². The molecule has 0 saturated carbocycles. The molecule has 0 aliphatic carbocycles. The summed E-state index contributed by atoms with van der Waals surface area (Å²) in [5.41, 5.74) is 0. The van der Waals surface area contributed by atoms with Gasteiger partial charge in [0.1, 0.15) is 12.4 Å². The molecular formula is C13H22N2O3. The van der Waals surface area contributed by atoms with E-state index in [0.29, 0.717) is 26.2 Å². The first kappa shape index (κ1) is 14.7. The van der Waals surface area contributed by atoms with Crippen molar-refractivity contribution in [3.05, 3.63) is 24.2 Å². The lowest BCUT2D eigenvalue weighted by Gasteiger charge is -2.05. The van der Waals surface area contributed by atoms with Crippen molar-refractivity contribution < 1.29 is 13.9 Å². The van der Waals surface area contributed by atoms with Crippen molar-refractivity contribution >= 4 is 5.91 Å². The van der Waals surface area contributed by atoms with Gasteiger partial charge in [0.15, 0.2) is 0 Å². The fourth-order valence-electron chi connectivity index (χ4n) is 1.48. The molecule has 0 fully saturated rings. The van der Waals surface area contributed by atoms with Crippen LogP contribution in [0.2, 0.25) is 0 Å². The Labute approximate surface area is 108 Å². The predicted molar refractivity (Wildman–Crippen MR) is 69.2 cm³/mol. The summed E-state index contributed by atoms with van der Waals surface area (Å²) in [6.07, 6.45) is 3.90. The van der Waals surface area contributed by atoms with Gasteiger partial charge >= 0.3 is 0 Å². The summed E-state index contributed by atoms with van der Waals surface area (Å²) in [6.45, 7) is 2.65. The van der Waals surface area contributed by atoms with Crippen LogP contribution in [-0.4, -0.2) is 32.7 Å². The van der Waals surface area contributed by atoms with Crippen LogP contribution in [0.1, 0.15) is 25.0 Å². The third kappa shape index (κ3) is 7.09. The van der Waals surface area contributed by atoms with Gasteiger partial charge < -0.3 is 19.8 Å². The first-order valence-electron chi connectivity index (χ1n) is 6.34. The van der Waals surface area contributed by atoms with E-state index in [1.54, 1.807) is 6.26 Å². The molecule has 18 heavy (non-hydrogen) atoms. The maximum absolute atomic E-state index is 11.3. The number of carbonyl (C=O) groups excluding carboxylic acids is 1. The smallest absolute Gasteiger partial charge is 0.220 e. The van der Waals surface area contributed by atoms with Crippen molar-refractivity contribution in [1.82, 2.24) is 10.6 Å². The minimum Gasteiger partial charge on any atom is -0.467 e. The van der Waals surface area contributed by atoms with Crippen LogP contribution < -0.4 is 10.6 Å². The topological polar surface area (TPSA) is 63.5 Å². The van der Waals surface area contributed by atoms with Gasteiger partial charge in [-0.15, -0.1) is 0 Å². The molecule has 0 bridgehead atoms. The van der Waals surface area contributed by atoms with Crippen molar-refractivity contribution in [2.45, 2.75) is 25.9 Å². The second-order valence-corrected chi connectivity index (χ2v) is 4.04. The van der Waals surface area contributed by atoms with Crippen LogP contribution in [0.3, 0.4) is 0 Å². The Morgan fingerprint density at radius 2 is 2.28 bits per heavy atom. The van der Waals surface area contributed by atoms with E-state index in [0.717, 1.165) is 25.1 Å². The van der Waals surface area contributed by atoms with Gasteiger partial charge in [-0.1, -0.05) is 0 Å². The average Bonchev–Trinajstić information content (AvgIpc) is 2.87. The van der Waals surface area contributed by atoms with Crippen LogP contribution in [0.4, 0.5) is 0 Å². The normalized spacial score (nSPS) is 10.5. The van der Waals surface area contributed by atoms with E-state index in [1.165, 1.54) is 0 Å². The van der Waals surface area contributed by atoms with E-state index in [1.807, 2.05) is 19.2 Å². The Hall–Kier alpha value is -1.33. The summed E-state index contributed by atoms with van der Waals surface area (Å²) < 4.78 is 10.5. The third-order valence-electron chi connectivity index (χ3n) is 2.44. The molecule has 5 heteroatoms. The molecule has 1 aromatic rings. The lowest BCUT2D eigenvalue weighted by Crippen LogP contribution is -2.25. The summed E-state index contributed by atoms with van der Waals surface area (Å²) >= 11 is 0. The standard InChI is InChI=1S/C13H22N2O3/c1-14-7-2-6-13(16)15-8-4-9-17-11-12-5-3-10-18-12/h3,5,10,14H,2,4,6-9,11H2,1H3,(H,15,16). The van der Waals surface area contributed by atoms with Gasteiger partial charge in [-0.25, -0.2) is 0 Å². The predicted octanol–water partition coefficient (Wildman–Crippen LogP) is 1.30. The van der Waals surface area contributed by atoms with Crippen LogP contribution in [0.5, 0.6) is 0 Å². The van der Waals surface area contributed by atoms with Gasteiger partial charge in [-0.3, -0.25) is 4.79 Å². The molecule has 2 N–H and O–H groups in total. The largest absolute Gasteiger partial charge is 0.467 e. The Kier molecular flexibility index (Phi) is 7.92. The molecule has 0 atom stereocenters. The van der Waals surface area contributed by atoms with Gasteiger partial charge in [0, 0.05) is 19.6 Å². The van der Waals surface area contributed by atoms with Gasteiger partial charge in [0.25, 0.3) is 0 Å². The molecule has 0 aliphatic rings. The van der Waals surface area contributed by atoms with Crippen molar-refractivity contribution in [2.24, 2.45) is 0 Å². The molecule has 0 spiro atoms. The van der Waals surface area contributed by atoms with E-state index in [4.69, 9.17) is 9.15 Å². The van der Waals surface area contributed by atoms with Crippen molar-refractivity contribution in [3.63, 3.8) is 0 Å². The molecule has 0 unspecified atom stereocenters. The number of amides is 1. The Morgan fingerprint density at radius 3 is 3.00 bits per heavy atom. The van der Waals surface area contributed by atoms with E-state index in [-0.39, 0.29) is 5.91 Å². The molecule has 0 saturated heterocycles. The Morgan fingerprint density at radius 1 is 1.39 bits per heavy atom. The fraction of sp³-hybridized carbons (Fsp3) is 0.615. The molecular weight excluding hydrogens is 232 g/mol. The zero-order valence-electron chi connectivity index (χ0n) is 10.9. The Balaban J connectivity index is 1.87. The molecule has 1 amide bonds. The number of furan rings is 1. The molecule has 0 aromatic carbocycles. The summed E-state index contributed by atoms with van der Waals surface area (Å²) in [5, 5.41) is 5.88. The minimum absolute atomic E-state index is 0.108. The van der Waals surface area contributed by atoms with Crippen LogP contribution in [-0.2, 0) is 16.1 Å². The van der Waals surface area contributed by atoms with Crippen LogP contribution in [0.25, 0.3) is 0 Å². The highest BCUT2D eigenvalue weighted by molar-refractivity contribution is 5.75. The quantitative estimate of drug-likeness (QED) is 0.618. The SMILES string of the molecule is CNCCCC(=O)NCCCOCc1ccco1. The molecule has 1 heterocycles.